The Morgan fingerprint density at radius 3 is 2.67 bits per heavy atom. The maximum Gasteiger partial charge on any atom is 0.337 e. The second-order valence-electron chi connectivity index (χ2n) is 3.15. The lowest BCUT2D eigenvalue weighted by Crippen LogP contribution is -2.00. The number of nitrogens with zero attached hydrogens (tertiary/aromatic N) is 1. The first-order valence-electron chi connectivity index (χ1n) is 4.48. The van der Waals surface area contributed by atoms with Crippen molar-refractivity contribution < 1.29 is 9.53 Å². The lowest BCUT2D eigenvalue weighted by atomic mass is 10.1. The van der Waals surface area contributed by atoms with Crippen LogP contribution in [0.1, 0.15) is 22.8 Å². The van der Waals surface area contributed by atoms with Gasteiger partial charge >= 0.3 is 5.97 Å². The third-order valence-corrected chi connectivity index (χ3v) is 2.01. The summed E-state index contributed by atoms with van der Waals surface area (Å²) in [6, 6.07) is 5.25. The van der Waals surface area contributed by atoms with Crippen LogP contribution in [0.15, 0.2) is 23.2 Å². The highest BCUT2D eigenvalue weighted by atomic mass is 32.1. The van der Waals surface area contributed by atoms with Crippen LogP contribution in [-0.4, -0.2) is 18.1 Å². The number of methoxy groups -OCH3 is 1. The van der Waals surface area contributed by atoms with E-state index in [1.54, 1.807) is 19.1 Å². The number of carbonyl (C=O) groups is 1. The summed E-state index contributed by atoms with van der Waals surface area (Å²) in [4.78, 5) is 15.5. The quantitative estimate of drug-likeness (QED) is 0.362. The zero-order valence-electron chi connectivity index (χ0n) is 8.94. The average Bonchev–Trinajstić information content (AvgIpc) is 2.19. The van der Waals surface area contributed by atoms with Crippen molar-refractivity contribution in [1.29, 1.82) is 0 Å². The van der Waals surface area contributed by atoms with Gasteiger partial charge in [-0.3, -0.25) is 0 Å². The molecule has 3 nitrogen and oxygen atoms in total. The molecule has 0 N–H and O–H groups in total. The molecule has 0 radical (unpaired) electrons. The molecule has 1 aromatic rings. The first kappa shape index (κ1) is 11.8. The van der Waals surface area contributed by atoms with Crippen LogP contribution in [0, 0.1) is 6.92 Å². The summed E-state index contributed by atoms with van der Waals surface area (Å²) >= 11 is 4.10. The number of aliphatic imine (C=N–C) groups is 1. The van der Waals surface area contributed by atoms with E-state index in [9.17, 15) is 4.79 Å². The standard InChI is InChI=1S/C11H13NO2S/c1-7-4-5-9(11(13)14-3)6-10(7)12-8(2)15/h4-6H,1-3H3,(H,12,15). The van der Waals surface area contributed by atoms with Gasteiger partial charge in [-0.15, -0.1) is 12.6 Å². The summed E-state index contributed by atoms with van der Waals surface area (Å²) < 4.78 is 4.63. The molecule has 80 valence electrons. The topological polar surface area (TPSA) is 38.7 Å². The van der Waals surface area contributed by atoms with Crippen molar-refractivity contribution in [3.8, 4) is 0 Å². The van der Waals surface area contributed by atoms with Gasteiger partial charge in [0, 0.05) is 0 Å². The van der Waals surface area contributed by atoms with Gasteiger partial charge in [-0.1, -0.05) is 6.07 Å². The van der Waals surface area contributed by atoms with Gasteiger partial charge in [0.05, 0.1) is 23.4 Å². The molecule has 0 saturated carbocycles. The molecule has 0 saturated heterocycles. The predicted molar refractivity (Wildman–Crippen MR) is 64.3 cm³/mol. The van der Waals surface area contributed by atoms with Gasteiger partial charge in [-0.05, 0) is 31.5 Å². The summed E-state index contributed by atoms with van der Waals surface area (Å²) in [5.74, 6) is -0.358. The fourth-order valence-electron chi connectivity index (χ4n) is 1.15. The van der Waals surface area contributed by atoms with Crippen LogP contribution in [0.2, 0.25) is 0 Å². The summed E-state index contributed by atoms with van der Waals surface area (Å²) in [7, 11) is 1.36. The Morgan fingerprint density at radius 2 is 2.13 bits per heavy atom. The van der Waals surface area contributed by atoms with Crippen LogP contribution in [0.5, 0.6) is 0 Å². The van der Waals surface area contributed by atoms with Crippen LogP contribution in [-0.2, 0) is 4.74 Å². The minimum absolute atomic E-state index is 0.358. The van der Waals surface area contributed by atoms with Crippen LogP contribution < -0.4 is 0 Å². The maximum atomic E-state index is 11.3. The van der Waals surface area contributed by atoms with Gasteiger partial charge in [0.25, 0.3) is 0 Å². The number of carbonyl (C=O) groups excluding carboxylic acids is 1. The second-order valence-corrected chi connectivity index (χ2v) is 3.80. The third kappa shape index (κ3) is 3.09. The minimum atomic E-state index is -0.358. The number of rotatable bonds is 2. The Hall–Kier alpha value is -1.29. The summed E-state index contributed by atoms with van der Waals surface area (Å²) in [6.45, 7) is 3.71. The molecule has 0 amide bonds. The number of esters is 1. The van der Waals surface area contributed by atoms with Gasteiger partial charge in [0.1, 0.15) is 0 Å². The van der Waals surface area contributed by atoms with E-state index in [0.717, 1.165) is 11.3 Å². The highest BCUT2D eigenvalue weighted by Gasteiger charge is 2.07. The largest absolute Gasteiger partial charge is 0.465 e. The minimum Gasteiger partial charge on any atom is -0.465 e. The molecule has 0 aliphatic carbocycles. The number of thiol groups is 1. The second kappa shape index (κ2) is 4.98. The van der Waals surface area contributed by atoms with Gasteiger partial charge in [-0.2, -0.15) is 0 Å². The molecule has 0 aromatic heterocycles. The molecule has 0 aliphatic rings. The molecule has 1 aromatic carbocycles. The zero-order valence-corrected chi connectivity index (χ0v) is 9.84. The molecule has 0 unspecified atom stereocenters. The Balaban J connectivity index is 3.16. The van der Waals surface area contributed by atoms with Crippen molar-refractivity contribution >= 4 is 29.3 Å². The predicted octanol–water partition coefficient (Wildman–Crippen LogP) is 2.76. The van der Waals surface area contributed by atoms with E-state index < -0.39 is 0 Å². The normalized spacial score (nSPS) is 11.3. The molecular weight excluding hydrogens is 210 g/mol. The Kier molecular flexibility index (Phi) is 3.91. The van der Waals surface area contributed by atoms with Crippen molar-refractivity contribution in [3.63, 3.8) is 0 Å². The third-order valence-electron chi connectivity index (χ3n) is 1.91. The van der Waals surface area contributed by atoms with E-state index >= 15 is 0 Å². The molecule has 15 heavy (non-hydrogen) atoms. The first-order valence-corrected chi connectivity index (χ1v) is 4.92. The molecule has 1 rings (SSSR count). The van der Waals surface area contributed by atoms with E-state index in [4.69, 9.17) is 0 Å². The fraction of sp³-hybridized carbons (Fsp3) is 0.273. The highest BCUT2D eigenvalue weighted by Crippen LogP contribution is 2.21. The van der Waals surface area contributed by atoms with Gasteiger partial charge in [-0.25, -0.2) is 9.79 Å². The van der Waals surface area contributed by atoms with Crippen molar-refractivity contribution in [2.24, 2.45) is 4.99 Å². The molecule has 0 bridgehead atoms. The molecule has 4 heteroatoms. The molecule has 0 atom stereocenters. The summed E-state index contributed by atoms with van der Waals surface area (Å²) in [6.07, 6.45) is 0. The van der Waals surface area contributed by atoms with E-state index in [1.807, 2.05) is 13.0 Å². The molecule has 0 aliphatic heterocycles. The Bertz CT molecular complexity index is 409. The average molecular weight is 223 g/mol. The maximum absolute atomic E-state index is 11.3. The highest BCUT2D eigenvalue weighted by molar-refractivity contribution is 7.96. The van der Waals surface area contributed by atoms with Crippen molar-refractivity contribution in [1.82, 2.24) is 0 Å². The van der Waals surface area contributed by atoms with Crippen LogP contribution in [0.25, 0.3) is 0 Å². The smallest absolute Gasteiger partial charge is 0.337 e. The number of aryl methyl sites for hydroxylation is 1. The van der Waals surface area contributed by atoms with Crippen molar-refractivity contribution in [3.05, 3.63) is 29.3 Å². The van der Waals surface area contributed by atoms with E-state index in [-0.39, 0.29) is 5.97 Å². The number of hydrogen-bond acceptors (Lipinski definition) is 3. The summed E-state index contributed by atoms with van der Waals surface area (Å²) in [5, 5.41) is 0.653. The zero-order chi connectivity index (χ0) is 11.4. The van der Waals surface area contributed by atoms with Crippen LogP contribution in [0.3, 0.4) is 0 Å². The molecular formula is C11H13NO2S. The summed E-state index contributed by atoms with van der Waals surface area (Å²) in [5.41, 5.74) is 2.23. The SMILES string of the molecule is COC(=O)c1ccc(C)c(/N=C(\C)S)c1. The van der Waals surface area contributed by atoms with E-state index in [2.05, 4.69) is 22.4 Å². The monoisotopic (exact) mass is 223 g/mol. The first-order chi connectivity index (χ1) is 7.04. The van der Waals surface area contributed by atoms with Crippen LogP contribution in [0.4, 0.5) is 5.69 Å². The lowest BCUT2D eigenvalue weighted by molar-refractivity contribution is 0.0601. The molecule has 0 fully saturated rings. The number of ether oxygens (including phenoxy) is 1. The lowest BCUT2D eigenvalue weighted by Gasteiger charge is -2.03. The van der Waals surface area contributed by atoms with Crippen molar-refractivity contribution in [2.45, 2.75) is 13.8 Å². The fourth-order valence-corrected chi connectivity index (χ4v) is 1.26. The van der Waals surface area contributed by atoms with Gasteiger partial charge in [0.2, 0.25) is 0 Å². The molecule has 0 spiro atoms. The molecule has 0 heterocycles. The Labute approximate surface area is 94.6 Å². The van der Waals surface area contributed by atoms with Crippen molar-refractivity contribution in [2.75, 3.05) is 7.11 Å². The van der Waals surface area contributed by atoms with E-state index in [1.165, 1.54) is 7.11 Å². The van der Waals surface area contributed by atoms with Gasteiger partial charge in [0.15, 0.2) is 0 Å². The Morgan fingerprint density at radius 1 is 1.47 bits per heavy atom. The van der Waals surface area contributed by atoms with Gasteiger partial charge < -0.3 is 4.74 Å². The number of benzene rings is 1. The number of hydrogen-bond donors (Lipinski definition) is 1. The van der Waals surface area contributed by atoms with E-state index in [0.29, 0.717) is 10.6 Å². The van der Waals surface area contributed by atoms with Crippen LogP contribution >= 0.6 is 12.6 Å².